The summed E-state index contributed by atoms with van der Waals surface area (Å²) in [4.78, 5) is 10.5. The van der Waals surface area contributed by atoms with E-state index in [9.17, 15) is 15.2 Å². The molecule has 0 aliphatic carbocycles. The second kappa shape index (κ2) is 8.35. The van der Waals surface area contributed by atoms with Crippen molar-refractivity contribution in [2.75, 3.05) is 18.6 Å². The third kappa shape index (κ3) is 5.29. The third-order valence-electron chi connectivity index (χ3n) is 3.37. The van der Waals surface area contributed by atoms with Gasteiger partial charge in [0, 0.05) is 12.6 Å². The van der Waals surface area contributed by atoms with Gasteiger partial charge in [0.1, 0.15) is 11.4 Å². The summed E-state index contributed by atoms with van der Waals surface area (Å²) >= 11 is 1.80. The molecule has 7 nitrogen and oxygen atoms in total. The van der Waals surface area contributed by atoms with Gasteiger partial charge in [-0.1, -0.05) is 0 Å². The van der Waals surface area contributed by atoms with Gasteiger partial charge in [-0.3, -0.25) is 14.8 Å². The Morgan fingerprint density at radius 2 is 2.19 bits per heavy atom. The standard InChI is InChI=1S/C13H24N4O3S/c1-9(5-6-21-4)14-7-12(18)8-16-11(3)13(17(19)20)10(2)15-16/h9,12,14,18H,5-8H2,1-4H3. The van der Waals surface area contributed by atoms with Crippen molar-refractivity contribution in [1.29, 1.82) is 0 Å². The molecule has 2 unspecified atom stereocenters. The normalized spacial score (nSPS) is 14.1. The average Bonchev–Trinajstić information content (AvgIpc) is 2.68. The molecular weight excluding hydrogens is 292 g/mol. The Kier molecular flexibility index (Phi) is 7.13. The number of aliphatic hydroxyl groups excluding tert-OH is 1. The molecule has 2 N–H and O–H groups in total. The lowest BCUT2D eigenvalue weighted by Gasteiger charge is -2.17. The molecule has 0 saturated carbocycles. The van der Waals surface area contributed by atoms with Crippen LogP contribution in [0.5, 0.6) is 0 Å². The lowest BCUT2D eigenvalue weighted by Crippen LogP contribution is -2.36. The molecule has 0 fully saturated rings. The van der Waals surface area contributed by atoms with E-state index in [2.05, 4.69) is 23.6 Å². The lowest BCUT2D eigenvalue weighted by molar-refractivity contribution is -0.386. The van der Waals surface area contributed by atoms with Crippen LogP contribution in [0, 0.1) is 24.0 Å². The second-order valence-corrected chi connectivity index (χ2v) is 6.19. The van der Waals surface area contributed by atoms with Gasteiger partial charge in [0.05, 0.1) is 17.6 Å². The number of hydrogen-bond acceptors (Lipinski definition) is 6. The molecule has 2 atom stereocenters. The first-order valence-corrected chi connectivity index (χ1v) is 8.35. The average molecular weight is 316 g/mol. The number of nitrogens with zero attached hydrogens (tertiary/aromatic N) is 3. The molecule has 1 rings (SSSR count). The number of rotatable bonds is 9. The van der Waals surface area contributed by atoms with Gasteiger partial charge in [-0.15, -0.1) is 0 Å². The topological polar surface area (TPSA) is 93.2 Å². The molecule has 0 spiro atoms. The van der Waals surface area contributed by atoms with Gasteiger partial charge in [-0.2, -0.15) is 16.9 Å². The van der Waals surface area contributed by atoms with Crippen molar-refractivity contribution in [2.24, 2.45) is 0 Å². The van der Waals surface area contributed by atoms with E-state index < -0.39 is 11.0 Å². The third-order valence-corrected chi connectivity index (χ3v) is 4.01. The van der Waals surface area contributed by atoms with Crippen LogP contribution in [0.25, 0.3) is 0 Å². The molecule has 0 saturated heterocycles. The maximum absolute atomic E-state index is 10.9. The van der Waals surface area contributed by atoms with Crippen LogP contribution in [0.2, 0.25) is 0 Å². The number of aryl methyl sites for hydroxylation is 1. The summed E-state index contributed by atoms with van der Waals surface area (Å²) in [7, 11) is 0. The fourth-order valence-corrected chi connectivity index (χ4v) is 2.72. The molecule has 0 radical (unpaired) electrons. The van der Waals surface area contributed by atoms with Gasteiger partial charge in [0.25, 0.3) is 0 Å². The Labute approximate surface area is 129 Å². The van der Waals surface area contributed by atoms with Gasteiger partial charge < -0.3 is 10.4 Å². The van der Waals surface area contributed by atoms with Gasteiger partial charge in [0.15, 0.2) is 0 Å². The second-order valence-electron chi connectivity index (χ2n) is 5.20. The summed E-state index contributed by atoms with van der Waals surface area (Å²) in [6, 6.07) is 0.335. The first-order valence-electron chi connectivity index (χ1n) is 6.95. The molecule has 0 aromatic carbocycles. The van der Waals surface area contributed by atoms with Crippen LogP contribution in [0.3, 0.4) is 0 Å². The maximum Gasteiger partial charge on any atom is 0.312 e. The minimum Gasteiger partial charge on any atom is -0.390 e. The van der Waals surface area contributed by atoms with Crippen molar-refractivity contribution < 1.29 is 10.0 Å². The summed E-state index contributed by atoms with van der Waals surface area (Å²) in [5, 5.41) is 28.4. The molecule has 0 amide bonds. The summed E-state index contributed by atoms with van der Waals surface area (Å²) in [6.45, 7) is 6.04. The van der Waals surface area contributed by atoms with Crippen LogP contribution in [-0.2, 0) is 6.54 Å². The van der Waals surface area contributed by atoms with Crippen molar-refractivity contribution in [1.82, 2.24) is 15.1 Å². The van der Waals surface area contributed by atoms with Crippen molar-refractivity contribution >= 4 is 17.4 Å². The molecule has 0 aliphatic heterocycles. The van der Waals surface area contributed by atoms with Crippen LogP contribution in [0.4, 0.5) is 5.69 Å². The number of nitrogens with one attached hydrogen (secondary N) is 1. The van der Waals surface area contributed by atoms with Crippen LogP contribution >= 0.6 is 11.8 Å². The minimum atomic E-state index is -0.626. The van der Waals surface area contributed by atoms with Crippen molar-refractivity contribution in [2.45, 2.75) is 45.9 Å². The minimum absolute atomic E-state index is 0.0310. The van der Waals surface area contributed by atoms with Gasteiger partial charge in [-0.25, -0.2) is 0 Å². The van der Waals surface area contributed by atoms with Crippen LogP contribution in [-0.4, -0.2) is 50.5 Å². The van der Waals surface area contributed by atoms with E-state index in [0.29, 0.717) is 24.0 Å². The number of thioether (sulfide) groups is 1. The highest BCUT2D eigenvalue weighted by Crippen LogP contribution is 2.21. The predicted octanol–water partition coefficient (Wildman–Crippen LogP) is 1.50. The number of aliphatic hydroxyl groups is 1. The highest BCUT2D eigenvalue weighted by atomic mass is 32.2. The molecule has 1 heterocycles. The van der Waals surface area contributed by atoms with E-state index in [4.69, 9.17) is 0 Å². The Hall–Kier alpha value is -1.12. The zero-order valence-electron chi connectivity index (χ0n) is 13.0. The number of hydrogen-bond donors (Lipinski definition) is 2. The number of nitro groups is 1. The largest absolute Gasteiger partial charge is 0.390 e. The zero-order chi connectivity index (χ0) is 16.0. The van der Waals surface area contributed by atoms with Gasteiger partial charge in [0.2, 0.25) is 0 Å². The van der Waals surface area contributed by atoms with Crippen molar-refractivity contribution in [3.8, 4) is 0 Å². The van der Waals surface area contributed by atoms with E-state index in [1.54, 1.807) is 25.6 Å². The van der Waals surface area contributed by atoms with E-state index in [1.165, 1.54) is 4.68 Å². The fraction of sp³-hybridized carbons (Fsp3) is 0.769. The highest BCUT2D eigenvalue weighted by Gasteiger charge is 2.22. The molecule has 1 aromatic heterocycles. The highest BCUT2D eigenvalue weighted by molar-refractivity contribution is 7.98. The Balaban J connectivity index is 2.54. The van der Waals surface area contributed by atoms with E-state index in [-0.39, 0.29) is 12.2 Å². The molecular formula is C13H24N4O3S. The van der Waals surface area contributed by atoms with Crippen molar-refractivity contribution in [3.05, 3.63) is 21.5 Å². The Bertz CT molecular complexity index is 478. The van der Waals surface area contributed by atoms with Gasteiger partial charge >= 0.3 is 5.69 Å². The van der Waals surface area contributed by atoms with Crippen LogP contribution in [0.15, 0.2) is 0 Å². The smallest absolute Gasteiger partial charge is 0.312 e. The lowest BCUT2D eigenvalue weighted by atomic mass is 10.2. The first kappa shape index (κ1) is 17.9. The zero-order valence-corrected chi connectivity index (χ0v) is 13.8. The van der Waals surface area contributed by atoms with E-state index >= 15 is 0 Å². The van der Waals surface area contributed by atoms with Crippen LogP contribution < -0.4 is 5.32 Å². The quantitative estimate of drug-likeness (QED) is 0.530. The fourth-order valence-electron chi connectivity index (χ4n) is 2.13. The van der Waals surface area contributed by atoms with E-state index in [0.717, 1.165) is 12.2 Å². The maximum atomic E-state index is 10.9. The van der Waals surface area contributed by atoms with Gasteiger partial charge in [-0.05, 0) is 39.2 Å². The Morgan fingerprint density at radius 1 is 1.52 bits per heavy atom. The first-order chi connectivity index (χ1) is 9.86. The molecule has 120 valence electrons. The molecule has 1 aromatic rings. The molecule has 0 aliphatic rings. The summed E-state index contributed by atoms with van der Waals surface area (Å²) < 4.78 is 1.51. The Morgan fingerprint density at radius 3 is 2.71 bits per heavy atom. The summed E-state index contributed by atoms with van der Waals surface area (Å²) in [6.07, 6.45) is 2.48. The van der Waals surface area contributed by atoms with Crippen molar-refractivity contribution in [3.63, 3.8) is 0 Å². The summed E-state index contributed by atoms with van der Waals surface area (Å²) in [5.74, 6) is 1.08. The monoisotopic (exact) mass is 316 g/mol. The van der Waals surface area contributed by atoms with E-state index in [1.807, 2.05) is 0 Å². The van der Waals surface area contributed by atoms with Crippen LogP contribution in [0.1, 0.15) is 24.7 Å². The SMILES string of the molecule is CSCCC(C)NCC(O)Cn1nc(C)c([N+](=O)[O-])c1C. The molecule has 0 bridgehead atoms. The molecule has 8 heteroatoms. The predicted molar refractivity (Wildman–Crippen MR) is 84.8 cm³/mol. The molecule has 21 heavy (non-hydrogen) atoms. The number of aromatic nitrogens is 2. The summed E-state index contributed by atoms with van der Waals surface area (Å²) in [5.41, 5.74) is 0.890.